The molecule has 0 bridgehead atoms. The Morgan fingerprint density at radius 2 is 2.00 bits per heavy atom. The topological polar surface area (TPSA) is 77.1 Å². The van der Waals surface area contributed by atoms with E-state index in [1.165, 1.54) is 0 Å². The van der Waals surface area contributed by atoms with Crippen LogP contribution in [-0.2, 0) is 5.54 Å². The molecule has 0 saturated carbocycles. The number of nitriles is 1. The highest BCUT2D eigenvalue weighted by Crippen LogP contribution is 2.37. The Hall–Kier alpha value is -2.33. The second-order valence-corrected chi connectivity index (χ2v) is 8.27. The number of ether oxygens (including phenoxy) is 2. The summed E-state index contributed by atoms with van der Waals surface area (Å²) in [6.07, 6.45) is 0. The Bertz CT molecular complexity index is 889. The van der Waals surface area contributed by atoms with E-state index in [9.17, 15) is 4.79 Å². The van der Waals surface area contributed by atoms with Crippen LogP contribution in [0.4, 0.5) is 0 Å². The number of esters is 1. The minimum absolute atomic E-state index is 0.207. The highest BCUT2D eigenvalue weighted by molar-refractivity contribution is 9.10. The Kier molecular flexibility index (Phi) is 6.32. The highest BCUT2D eigenvalue weighted by atomic mass is 79.9. The van der Waals surface area contributed by atoms with Crippen molar-refractivity contribution in [3.8, 4) is 17.6 Å². The average molecular weight is 434 g/mol. The smallest absolute Gasteiger partial charge is 0.364 e. The number of rotatable bonds is 5. The predicted molar refractivity (Wildman–Crippen MR) is 106 cm³/mol. The molecule has 1 aromatic carbocycles. The zero-order valence-electron chi connectivity index (χ0n) is 16.5. The van der Waals surface area contributed by atoms with Crippen LogP contribution in [0.3, 0.4) is 0 Å². The van der Waals surface area contributed by atoms with Crippen molar-refractivity contribution in [3.05, 3.63) is 39.6 Å². The first-order valence-corrected chi connectivity index (χ1v) is 9.56. The Labute approximate surface area is 168 Å². The van der Waals surface area contributed by atoms with Gasteiger partial charge in [-0.15, -0.1) is 0 Å². The molecule has 0 atom stereocenters. The van der Waals surface area contributed by atoms with Gasteiger partial charge < -0.3 is 9.47 Å². The second kappa shape index (κ2) is 8.13. The number of halogens is 1. The molecule has 1 heterocycles. The van der Waals surface area contributed by atoms with Crippen molar-refractivity contribution in [2.45, 2.75) is 53.0 Å². The van der Waals surface area contributed by atoms with E-state index in [0.29, 0.717) is 22.4 Å². The molecule has 1 aromatic heterocycles. The third-order valence-electron chi connectivity index (χ3n) is 3.81. The molecule has 0 fully saturated rings. The molecule has 144 valence electrons. The molecule has 0 N–H and O–H groups in total. The molecular weight excluding hydrogens is 410 g/mol. The van der Waals surface area contributed by atoms with Gasteiger partial charge in [-0.05, 0) is 61.7 Å². The van der Waals surface area contributed by atoms with E-state index in [1.807, 2.05) is 32.4 Å². The van der Waals surface area contributed by atoms with Gasteiger partial charge >= 0.3 is 5.97 Å². The van der Waals surface area contributed by atoms with Crippen LogP contribution >= 0.6 is 15.9 Å². The molecule has 0 aliphatic heterocycles. The number of hydrogen-bond donors (Lipinski definition) is 0. The van der Waals surface area contributed by atoms with Crippen LogP contribution in [0.2, 0.25) is 0 Å². The molecule has 0 aliphatic rings. The minimum Gasteiger partial charge on any atom is -0.490 e. The van der Waals surface area contributed by atoms with E-state index >= 15 is 0 Å². The fourth-order valence-electron chi connectivity index (χ4n) is 2.58. The summed E-state index contributed by atoms with van der Waals surface area (Å²) in [4.78, 5) is 12.8. The summed E-state index contributed by atoms with van der Waals surface area (Å²) in [6.45, 7) is 12.4. The van der Waals surface area contributed by atoms with Gasteiger partial charge in [0, 0.05) is 11.8 Å². The van der Waals surface area contributed by atoms with Crippen LogP contribution in [-0.4, -0.2) is 22.4 Å². The largest absolute Gasteiger partial charge is 0.490 e. The summed E-state index contributed by atoms with van der Waals surface area (Å²) in [6, 6.07) is 6.94. The van der Waals surface area contributed by atoms with Gasteiger partial charge in [0.15, 0.2) is 17.2 Å². The van der Waals surface area contributed by atoms with Gasteiger partial charge in [-0.25, -0.2) is 4.79 Å². The molecule has 27 heavy (non-hydrogen) atoms. The lowest BCUT2D eigenvalue weighted by Gasteiger charge is -2.23. The van der Waals surface area contributed by atoms with Crippen LogP contribution in [0, 0.1) is 11.3 Å². The monoisotopic (exact) mass is 433 g/mol. The van der Waals surface area contributed by atoms with Crippen molar-refractivity contribution >= 4 is 21.9 Å². The molecule has 0 saturated heterocycles. The van der Waals surface area contributed by atoms with Gasteiger partial charge in [0.2, 0.25) is 0 Å². The second-order valence-electron chi connectivity index (χ2n) is 7.41. The Morgan fingerprint density at radius 3 is 2.48 bits per heavy atom. The van der Waals surface area contributed by atoms with Gasteiger partial charge in [0.05, 0.1) is 28.3 Å². The lowest BCUT2D eigenvalue weighted by atomic mass is 10.1. The summed E-state index contributed by atoms with van der Waals surface area (Å²) in [5.41, 5.74) is 1.33. The molecule has 0 spiro atoms. The van der Waals surface area contributed by atoms with Gasteiger partial charge in [-0.1, -0.05) is 13.8 Å². The summed E-state index contributed by atoms with van der Waals surface area (Å²) in [5, 5.41) is 13.6. The van der Waals surface area contributed by atoms with Gasteiger partial charge in [-0.3, -0.25) is 4.68 Å². The highest BCUT2D eigenvalue weighted by Gasteiger charge is 2.25. The SMILES string of the molecule is CCOc1cc(C#N)cc(Br)c1OC(=O)c1cc(C(C)C)n(C(C)(C)C)n1. The van der Waals surface area contributed by atoms with Gasteiger partial charge in [-0.2, -0.15) is 10.4 Å². The molecular formula is C20H24BrN3O3. The van der Waals surface area contributed by atoms with Gasteiger partial charge in [0.25, 0.3) is 0 Å². The number of carbonyl (C=O) groups excluding carboxylic acids is 1. The predicted octanol–water partition coefficient (Wildman–Crippen LogP) is 5.01. The zero-order chi connectivity index (χ0) is 20.4. The van der Waals surface area contributed by atoms with Crippen LogP contribution < -0.4 is 9.47 Å². The first-order chi connectivity index (χ1) is 12.6. The van der Waals surface area contributed by atoms with Crippen LogP contribution in [0.25, 0.3) is 0 Å². The molecule has 2 aromatic rings. The molecule has 0 unspecified atom stereocenters. The van der Waals surface area contributed by atoms with Crippen molar-refractivity contribution in [1.29, 1.82) is 5.26 Å². The van der Waals surface area contributed by atoms with E-state index in [-0.39, 0.29) is 22.9 Å². The summed E-state index contributed by atoms with van der Waals surface area (Å²) < 4.78 is 13.4. The van der Waals surface area contributed by atoms with Crippen molar-refractivity contribution in [2.75, 3.05) is 6.61 Å². The van der Waals surface area contributed by atoms with E-state index in [1.54, 1.807) is 18.2 Å². The number of nitrogens with zero attached hydrogens (tertiary/aromatic N) is 3. The molecule has 2 rings (SSSR count). The summed E-state index contributed by atoms with van der Waals surface area (Å²) >= 11 is 3.35. The van der Waals surface area contributed by atoms with Crippen LogP contribution in [0.5, 0.6) is 11.5 Å². The van der Waals surface area contributed by atoms with Crippen LogP contribution in [0.15, 0.2) is 22.7 Å². The number of carbonyl (C=O) groups is 1. The van der Waals surface area contributed by atoms with E-state index in [0.717, 1.165) is 5.69 Å². The zero-order valence-corrected chi connectivity index (χ0v) is 18.0. The molecule has 0 radical (unpaired) electrons. The van der Waals surface area contributed by atoms with E-state index in [2.05, 4.69) is 40.9 Å². The molecule has 7 heteroatoms. The van der Waals surface area contributed by atoms with Crippen molar-refractivity contribution in [2.24, 2.45) is 0 Å². The lowest BCUT2D eigenvalue weighted by Crippen LogP contribution is -2.26. The third kappa shape index (κ3) is 4.69. The number of hydrogen-bond acceptors (Lipinski definition) is 5. The lowest BCUT2D eigenvalue weighted by molar-refractivity contribution is 0.0719. The minimum atomic E-state index is -0.578. The number of aromatic nitrogens is 2. The molecule has 6 nitrogen and oxygen atoms in total. The fraction of sp³-hybridized carbons (Fsp3) is 0.450. The van der Waals surface area contributed by atoms with E-state index in [4.69, 9.17) is 14.7 Å². The van der Waals surface area contributed by atoms with Crippen molar-refractivity contribution in [1.82, 2.24) is 9.78 Å². The fourth-order valence-corrected chi connectivity index (χ4v) is 3.11. The van der Waals surface area contributed by atoms with Crippen molar-refractivity contribution in [3.63, 3.8) is 0 Å². The summed E-state index contributed by atoms with van der Waals surface area (Å²) in [7, 11) is 0. The average Bonchev–Trinajstić information content (AvgIpc) is 3.03. The maximum atomic E-state index is 12.8. The summed E-state index contributed by atoms with van der Waals surface area (Å²) in [5.74, 6) is 0.193. The maximum Gasteiger partial charge on any atom is 0.364 e. The standard InChI is InChI=1S/C20H24BrN3O3/c1-7-26-17-9-13(11-22)8-14(21)18(17)27-19(25)15-10-16(12(2)3)24(23-15)20(4,5)6/h8-10,12H,7H2,1-6H3. The Balaban J connectivity index is 2.43. The third-order valence-corrected chi connectivity index (χ3v) is 4.40. The maximum absolute atomic E-state index is 12.8. The normalized spacial score (nSPS) is 11.4. The Morgan fingerprint density at radius 1 is 1.33 bits per heavy atom. The molecule has 0 aliphatic carbocycles. The molecule has 0 amide bonds. The van der Waals surface area contributed by atoms with Crippen LogP contribution in [0.1, 0.15) is 69.2 Å². The number of benzene rings is 1. The van der Waals surface area contributed by atoms with Crippen molar-refractivity contribution < 1.29 is 14.3 Å². The first kappa shape index (κ1) is 21.0. The van der Waals surface area contributed by atoms with E-state index < -0.39 is 5.97 Å². The first-order valence-electron chi connectivity index (χ1n) is 8.77. The quantitative estimate of drug-likeness (QED) is 0.488. The van der Waals surface area contributed by atoms with Gasteiger partial charge in [0.1, 0.15) is 0 Å².